The number of nitrogen functional groups attached to an aromatic ring is 1. The van der Waals surface area contributed by atoms with Gasteiger partial charge in [-0.3, -0.25) is 4.79 Å². The van der Waals surface area contributed by atoms with Gasteiger partial charge in [0.25, 0.3) is 0 Å². The second-order valence-corrected chi connectivity index (χ2v) is 4.23. The third-order valence-corrected chi connectivity index (χ3v) is 2.82. The van der Waals surface area contributed by atoms with E-state index in [1.807, 2.05) is 31.2 Å². The topological polar surface area (TPSA) is 70.1 Å². The van der Waals surface area contributed by atoms with E-state index in [2.05, 4.69) is 5.10 Å². The number of hydrogen-bond acceptors (Lipinski definition) is 4. The summed E-state index contributed by atoms with van der Waals surface area (Å²) in [5.41, 5.74) is 8.75. The van der Waals surface area contributed by atoms with Crippen molar-refractivity contribution in [2.75, 3.05) is 12.3 Å². The maximum atomic E-state index is 11.4. The minimum atomic E-state index is -0.339. The number of benzene rings is 1. The van der Waals surface area contributed by atoms with Crippen LogP contribution in [0.25, 0.3) is 11.3 Å². The molecule has 19 heavy (non-hydrogen) atoms. The number of aromatic nitrogens is 2. The van der Waals surface area contributed by atoms with E-state index in [0.717, 1.165) is 16.8 Å². The van der Waals surface area contributed by atoms with Crippen LogP contribution >= 0.6 is 0 Å². The number of hydrogen-bond donors (Lipinski definition) is 1. The van der Waals surface area contributed by atoms with E-state index in [1.54, 1.807) is 13.0 Å². The normalized spacial score (nSPS) is 10.4. The van der Waals surface area contributed by atoms with Crippen molar-refractivity contribution in [1.82, 2.24) is 9.78 Å². The molecule has 0 fully saturated rings. The highest BCUT2D eigenvalue weighted by Crippen LogP contribution is 2.23. The summed E-state index contributed by atoms with van der Waals surface area (Å²) in [6.07, 6.45) is 0. The second-order valence-electron chi connectivity index (χ2n) is 4.23. The molecule has 0 aliphatic carbocycles. The average Bonchev–Trinajstić information content (AvgIpc) is 2.71. The fraction of sp³-hybridized carbons (Fsp3) is 0.286. The molecule has 1 aromatic heterocycles. The fourth-order valence-corrected chi connectivity index (χ4v) is 1.88. The van der Waals surface area contributed by atoms with Gasteiger partial charge in [0.1, 0.15) is 12.4 Å². The summed E-state index contributed by atoms with van der Waals surface area (Å²) >= 11 is 0. The summed E-state index contributed by atoms with van der Waals surface area (Å²) in [4.78, 5) is 11.4. The third-order valence-electron chi connectivity index (χ3n) is 2.82. The zero-order chi connectivity index (χ0) is 13.8. The van der Waals surface area contributed by atoms with Crippen molar-refractivity contribution in [3.63, 3.8) is 0 Å². The molecule has 0 saturated heterocycles. The van der Waals surface area contributed by atoms with Crippen LogP contribution in [0.1, 0.15) is 12.5 Å². The molecule has 1 heterocycles. The Bertz CT molecular complexity index is 590. The first-order valence-electron chi connectivity index (χ1n) is 6.16. The molecule has 0 radical (unpaired) electrons. The second kappa shape index (κ2) is 5.56. The number of carbonyl (C=O) groups excluding carboxylic acids is 1. The molecule has 0 unspecified atom stereocenters. The monoisotopic (exact) mass is 259 g/mol. The minimum Gasteiger partial charge on any atom is -0.465 e. The molecule has 5 heteroatoms. The Morgan fingerprint density at radius 3 is 2.84 bits per heavy atom. The van der Waals surface area contributed by atoms with Gasteiger partial charge in [0.05, 0.1) is 12.3 Å². The molecule has 0 amide bonds. The number of anilines is 1. The van der Waals surface area contributed by atoms with E-state index in [0.29, 0.717) is 12.4 Å². The van der Waals surface area contributed by atoms with Crippen molar-refractivity contribution in [2.24, 2.45) is 0 Å². The molecule has 2 aromatic rings. The molecule has 0 spiro atoms. The summed E-state index contributed by atoms with van der Waals surface area (Å²) in [5.74, 6) is 0.111. The number of aryl methyl sites for hydroxylation is 1. The summed E-state index contributed by atoms with van der Waals surface area (Å²) in [7, 11) is 0. The highest BCUT2D eigenvalue weighted by molar-refractivity contribution is 5.71. The predicted molar refractivity (Wildman–Crippen MR) is 73.4 cm³/mol. The van der Waals surface area contributed by atoms with E-state index >= 15 is 0 Å². The van der Waals surface area contributed by atoms with Gasteiger partial charge < -0.3 is 10.5 Å². The molecule has 0 aliphatic heterocycles. The number of ether oxygens (including phenoxy) is 1. The van der Waals surface area contributed by atoms with Crippen molar-refractivity contribution in [3.8, 4) is 11.3 Å². The van der Waals surface area contributed by atoms with Crippen LogP contribution in [-0.4, -0.2) is 22.4 Å². The quantitative estimate of drug-likeness (QED) is 0.853. The Labute approximate surface area is 112 Å². The van der Waals surface area contributed by atoms with Gasteiger partial charge in [-0.15, -0.1) is 0 Å². The van der Waals surface area contributed by atoms with Crippen molar-refractivity contribution < 1.29 is 9.53 Å². The van der Waals surface area contributed by atoms with E-state index in [-0.39, 0.29) is 12.5 Å². The highest BCUT2D eigenvalue weighted by Gasteiger charge is 2.12. The van der Waals surface area contributed by atoms with Crippen LogP contribution in [0.15, 0.2) is 30.3 Å². The summed E-state index contributed by atoms with van der Waals surface area (Å²) in [6.45, 7) is 4.16. The number of rotatable bonds is 4. The van der Waals surface area contributed by atoms with Gasteiger partial charge in [0, 0.05) is 11.6 Å². The van der Waals surface area contributed by atoms with Crippen LogP contribution in [0.5, 0.6) is 0 Å². The lowest BCUT2D eigenvalue weighted by Gasteiger charge is -2.03. The maximum absolute atomic E-state index is 11.4. The Balaban J connectivity index is 2.26. The smallest absolute Gasteiger partial charge is 0.327 e. The van der Waals surface area contributed by atoms with Gasteiger partial charge in [-0.1, -0.05) is 24.3 Å². The fourth-order valence-electron chi connectivity index (χ4n) is 1.88. The molecule has 5 nitrogen and oxygen atoms in total. The molecular weight excluding hydrogens is 242 g/mol. The van der Waals surface area contributed by atoms with Crippen LogP contribution < -0.4 is 5.73 Å². The Morgan fingerprint density at radius 1 is 1.42 bits per heavy atom. The Morgan fingerprint density at radius 2 is 2.16 bits per heavy atom. The largest absolute Gasteiger partial charge is 0.465 e. The van der Waals surface area contributed by atoms with Crippen molar-refractivity contribution in [3.05, 3.63) is 35.9 Å². The summed E-state index contributed by atoms with van der Waals surface area (Å²) in [6, 6.07) is 9.67. The zero-order valence-electron chi connectivity index (χ0n) is 11.1. The van der Waals surface area contributed by atoms with Crippen molar-refractivity contribution >= 4 is 11.8 Å². The number of nitrogens with zero attached hydrogens (tertiary/aromatic N) is 2. The maximum Gasteiger partial charge on any atom is 0.327 e. The van der Waals surface area contributed by atoms with Gasteiger partial charge in [-0.2, -0.15) is 5.10 Å². The van der Waals surface area contributed by atoms with Crippen LogP contribution in [0.2, 0.25) is 0 Å². The van der Waals surface area contributed by atoms with Gasteiger partial charge in [0.15, 0.2) is 0 Å². The molecule has 2 rings (SSSR count). The molecule has 0 aliphatic rings. The first-order valence-corrected chi connectivity index (χ1v) is 6.16. The molecular formula is C14H17N3O2. The molecule has 100 valence electrons. The molecule has 1 aromatic carbocycles. The lowest BCUT2D eigenvalue weighted by atomic mass is 10.1. The van der Waals surface area contributed by atoms with Gasteiger partial charge >= 0.3 is 5.97 Å². The lowest BCUT2D eigenvalue weighted by Crippen LogP contribution is -2.16. The molecule has 0 saturated carbocycles. The highest BCUT2D eigenvalue weighted by atomic mass is 16.5. The minimum absolute atomic E-state index is 0.0333. The number of nitrogens with two attached hydrogens (primary N) is 1. The van der Waals surface area contributed by atoms with Crippen LogP contribution in [-0.2, 0) is 16.1 Å². The van der Waals surface area contributed by atoms with Crippen molar-refractivity contribution in [2.45, 2.75) is 20.4 Å². The van der Waals surface area contributed by atoms with E-state index < -0.39 is 0 Å². The van der Waals surface area contributed by atoms with Crippen LogP contribution in [0.3, 0.4) is 0 Å². The van der Waals surface area contributed by atoms with Crippen LogP contribution in [0.4, 0.5) is 5.82 Å². The van der Waals surface area contributed by atoms with E-state index in [4.69, 9.17) is 10.5 Å². The number of carbonyl (C=O) groups is 1. The Kier molecular flexibility index (Phi) is 3.85. The van der Waals surface area contributed by atoms with Gasteiger partial charge in [-0.25, -0.2) is 4.68 Å². The Hall–Kier alpha value is -2.30. The van der Waals surface area contributed by atoms with Gasteiger partial charge in [0.2, 0.25) is 0 Å². The first-order chi connectivity index (χ1) is 9.11. The van der Waals surface area contributed by atoms with Gasteiger partial charge in [-0.05, 0) is 19.4 Å². The van der Waals surface area contributed by atoms with Crippen molar-refractivity contribution in [1.29, 1.82) is 0 Å². The molecule has 2 N–H and O–H groups in total. The zero-order valence-corrected chi connectivity index (χ0v) is 11.1. The molecule has 0 bridgehead atoms. The van der Waals surface area contributed by atoms with E-state index in [1.165, 1.54) is 4.68 Å². The first kappa shape index (κ1) is 13.1. The summed E-state index contributed by atoms with van der Waals surface area (Å²) in [5, 5.41) is 4.35. The SMILES string of the molecule is CCOC(=O)Cn1nc(-c2ccccc2C)cc1N. The summed E-state index contributed by atoms with van der Waals surface area (Å²) < 4.78 is 6.34. The average molecular weight is 259 g/mol. The third kappa shape index (κ3) is 2.93. The van der Waals surface area contributed by atoms with E-state index in [9.17, 15) is 4.79 Å². The predicted octanol–water partition coefficient (Wildman–Crippen LogP) is 2.00. The molecule has 0 atom stereocenters. The van der Waals surface area contributed by atoms with Crippen LogP contribution in [0, 0.1) is 6.92 Å². The standard InChI is InChI=1S/C14H17N3O2/c1-3-19-14(18)9-17-13(15)8-12(16-17)11-7-5-4-6-10(11)2/h4-8H,3,9,15H2,1-2H3. The lowest BCUT2D eigenvalue weighted by molar-refractivity contribution is -0.143. The number of esters is 1.